The van der Waals surface area contributed by atoms with Crippen molar-refractivity contribution in [2.45, 2.75) is 52.2 Å². The number of nitrogens with zero attached hydrogens (tertiary/aromatic N) is 6. The van der Waals surface area contributed by atoms with Crippen molar-refractivity contribution in [3.8, 4) is 10.4 Å². The second kappa shape index (κ2) is 9.29. The van der Waals surface area contributed by atoms with E-state index in [0.717, 1.165) is 10.4 Å². The minimum absolute atomic E-state index is 0.123. The minimum Gasteiger partial charge on any atom is -0.465 e. The highest BCUT2D eigenvalue weighted by molar-refractivity contribution is 7.22. The molecule has 10 nitrogen and oxygen atoms in total. The fourth-order valence-corrected chi connectivity index (χ4v) is 6.32. The molecule has 1 fully saturated rings. The average Bonchev–Trinajstić information content (AvgIpc) is 3.48. The summed E-state index contributed by atoms with van der Waals surface area (Å²) < 4.78 is 4.98. The molecule has 0 saturated carbocycles. The maximum atomic E-state index is 14.0. The zero-order chi connectivity index (χ0) is 26.5. The van der Waals surface area contributed by atoms with Gasteiger partial charge in [-0.3, -0.25) is 18.6 Å². The van der Waals surface area contributed by atoms with Gasteiger partial charge in [-0.15, -0.1) is 11.3 Å². The molecule has 0 spiro atoms. The molecule has 37 heavy (non-hydrogen) atoms. The predicted molar refractivity (Wildman–Crippen MR) is 142 cm³/mol. The largest absolute Gasteiger partial charge is 0.465 e. The Morgan fingerprint density at radius 2 is 1.92 bits per heavy atom. The predicted octanol–water partition coefficient (Wildman–Crippen LogP) is 3.80. The quantitative estimate of drug-likeness (QED) is 0.436. The van der Waals surface area contributed by atoms with E-state index in [1.807, 2.05) is 57.2 Å². The number of likely N-dealkylation sites (tertiary alicyclic amines) is 1. The number of fused-ring (bicyclic) bond motifs is 1. The minimum atomic E-state index is -0.981. The number of rotatable bonds is 4. The Balaban J connectivity index is 1.68. The van der Waals surface area contributed by atoms with E-state index in [0.29, 0.717) is 28.9 Å². The summed E-state index contributed by atoms with van der Waals surface area (Å²) in [5, 5.41) is 14.1. The first kappa shape index (κ1) is 24.9. The van der Waals surface area contributed by atoms with Gasteiger partial charge in [0.05, 0.1) is 12.1 Å². The third-order valence-electron chi connectivity index (χ3n) is 7.04. The van der Waals surface area contributed by atoms with E-state index in [9.17, 15) is 19.5 Å². The van der Waals surface area contributed by atoms with E-state index in [1.165, 1.54) is 20.8 Å². The summed E-state index contributed by atoms with van der Waals surface area (Å²) >= 11 is 1.36. The lowest BCUT2D eigenvalue weighted by molar-refractivity contribution is 0.0414. The van der Waals surface area contributed by atoms with Crippen LogP contribution in [0.25, 0.3) is 20.7 Å². The van der Waals surface area contributed by atoms with Crippen molar-refractivity contribution < 1.29 is 9.90 Å². The van der Waals surface area contributed by atoms with Crippen LogP contribution in [0.4, 0.5) is 4.79 Å². The summed E-state index contributed by atoms with van der Waals surface area (Å²) in [4.78, 5) is 46.4. The van der Waals surface area contributed by atoms with Crippen molar-refractivity contribution in [2.75, 3.05) is 6.54 Å². The third-order valence-corrected chi connectivity index (χ3v) is 8.20. The lowest BCUT2D eigenvalue weighted by Gasteiger charge is -2.44. The van der Waals surface area contributed by atoms with E-state index < -0.39 is 17.8 Å². The summed E-state index contributed by atoms with van der Waals surface area (Å²) in [6.07, 6.45) is 1.37. The fourth-order valence-electron chi connectivity index (χ4n) is 5.21. The molecule has 1 aliphatic rings. The standard InChI is InChI=1S/C26H30N6O4S/c1-26(2,3)20-12-17(10-11-30(20)25(35)36)32-23(33)22-18(13-19(37-22)16-8-6-5-7-9-16)31(24(32)34)14-21-27-15-29(4)28-21/h5-9,13,15,17,20H,10-12,14H2,1-4H3,(H,35,36). The number of aromatic nitrogens is 5. The molecular weight excluding hydrogens is 492 g/mol. The van der Waals surface area contributed by atoms with Crippen molar-refractivity contribution in [2.24, 2.45) is 12.5 Å². The molecule has 1 aliphatic heterocycles. The monoisotopic (exact) mass is 522 g/mol. The second-order valence-corrected chi connectivity index (χ2v) is 11.7. The van der Waals surface area contributed by atoms with Crippen molar-refractivity contribution in [1.82, 2.24) is 28.8 Å². The normalized spacial score (nSPS) is 18.4. The van der Waals surface area contributed by atoms with E-state index >= 15 is 0 Å². The van der Waals surface area contributed by atoms with E-state index in [4.69, 9.17) is 0 Å². The van der Waals surface area contributed by atoms with Gasteiger partial charge in [0.1, 0.15) is 11.0 Å². The number of amides is 1. The van der Waals surface area contributed by atoms with Crippen LogP contribution < -0.4 is 11.2 Å². The highest BCUT2D eigenvalue weighted by Crippen LogP contribution is 2.37. The number of carboxylic acid groups (broad SMARTS) is 1. The first-order valence-electron chi connectivity index (χ1n) is 12.2. The molecular formula is C26H30N6O4S. The fraction of sp³-hybridized carbons (Fsp3) is 0.423. The summed E-state index contributed by atoms with van der Waals surface area (Å²) in [6, 6.07) is 10.9. The zero-order valence-electron chi connectivity index (χ0n) is 21.3. The van der Waals surface area contributed by atoms with Crippen LogP contribution in [-0.2, 0) is 13.6 Å². The SMILES string of the molecule is Cn1cnc(Cn2c(=O)n(C3CCN(C(=O)O)C(C(C)(C)C)C3)c(=O)c3sc(-c4ccccc4)cc32)n1. The maximum absolute atomic E-state index is 14.0. The number of aryl methyl sites for hydroxylation is 1. The van der Waals surface area contributed by atoms with Gasteiger partial charge in [-0.1, -0.05) is 51.1 Å². The van der Waals surface area contributed by atoms with Gasteiger partial charge >= 0.3 is 11.8 Å². The molecule has 2 unspecified atom stereocenters. The summed E-state index contributed by atoms with van der Waals surface area (Å²) in [6.45, 7) is 6.33. The molecule has 1 N–H and O–H groups in total. The molecule has 1 saturated heterocycles. The molecule has 194 valence electrons. The number of carbonyl (C=O) groups is 1. The van der Waals surface area contributed by atoms with Gasteiger partial charge in [-0.25, -0.2) is 14.6 Å². The lowest BCUT2D eigenvalue weighted by atomic mass is 9.79. The first-order valence-corrected chi connectivity index (χ1v) is 13.0. The Morgan fingerprint density at radius 3 is 2.54 bits per heavy atom. The van der Waals surface area contributed by atoms with Gasteiger partial charge in [0.2, 0.25) is 0 Å². The van der Waals surface area contributed by atoms with Crippen molar-refractivity contribution in [3.63, 3.8) is 0 Å². The molecule has 5 rings (SSSR count). The van der Waals surface area contributed by atoms with Crippen LogP contribution in [0.15, 0.2) is 52.3 Å². The second-order valence-electron chi connectivity index (χ2n) is 10.6. The van der Waals surface area contributed by atoms with Gasteiger partial charge < -0.3 is 10.0 Å². The third kappa shape index (κ3) is 4.59. The molecule has 1 amide bonds. The van der Waals surface area contributed by atoms with Crippen LogP contribution in [0, 0.1) is 5.41 Å². The summed E-state index contributed by atoms with van der Waals surface area (Å²) in [7, 11) is 1.76. The van der Waals surface area contributed by atoms with Crippen LogP contribution in [0.2, 0.25) is 0 Å². The molecule has 0 bridgehead atoms. The van der Waals surface area contributed by atoms with Gasteiger partial charge in [0, 0.05) is 30.6 Å². The van der Waals surface area contributed by atoms with E-state index in [-0.39, 0.29) is 30.1 Å². The zero-order valence-corrected chi connectivity index (χ0v) is 22.1. The number of benzene rings is 1. The van der Waals surface area contributed by atoms with Crippen LogP contribution >= 0.6 is 11.3 Å². The number of hydrogen-bond acceptors (Lipinski definition) is 6. The Morgan fingerprint density at radius 1 is 1.19 bits per heavy atom. The van der Waals surface area contributed by atoms with Gasteiger partial charge in [-0.2, -0.15) is 5.10 Å². The molecule has 11 heteroatoms. The highest BCUT2D eigenvalue weighted by atomic mass is 32.1. The van der Waals surface area contributed by atoms with Crippen molar-refractivity contribution in [3.05, 3.63) is 69.4 Å². The topological polar surface area (TPSA) is 115 Å². The smallest absolute Gasteiger partial charge is 0.407 e. The number of thiophene rings is 1. The molecule has 0 radical (unpaired) electrons. The average molecular weight is 523 g/mol. The van der Waals surface area contributed by atoms with Crippen LogP contribution in [0.1, 0.15) is 45.5 Å². The van der Waals surface area contributed by atoms with Crippen LogP contribution in [-0.4, -0.2) is 52.6 Å². The van der Waals surface area contributed by atoms with Gasteiger partial charge in [-0.05, 0) is 29.9 Å². The van der Waals surface area contributed by atoms with Gasteiger partial charge in [0.15, 0.2) is 5.82 Å². The Hall–Kier alpha value is -3.73. The maximum Gasteiger partial charge on any atom is 0.407 e. The Labute approximate surface area is 217 Å². The first-order chi connectivity index (χ1) is 17.5. The lowest BCUT2D eigenvalue weighted by Crippen LogP contribution is -2.54. The Kier molecular flexibility index (Phi) is 6.26. The van der Waals surface area contributed by atoms with Crippen LogP contribution in [0.3, 0.4) is 0 Å². The summed E-state index contributed by atoms with van der Waals surface area (Å²) in [5.74, 6) is 0.469. The van der Waals surface area contributed by atoms with E-state index in [1.54, 1.807) is 22.6 Å². The number of piperidine rings is 1. The summed E-state index contributed by atoms with van der Waals surface area (Å²) in [5.41, 5.74) is 0.401. The van der Waals surface area contributed by atoms with Crippen molar-refractivity contribution >= 4 is 27.6 Å². The number of hydrogen-bond donors (Lipinski definition) is 1. The molecule has 4 aromatic rings. The van der Waals surface area contributed by atoms with E-state index in [2.05, 4.69) is 10.1 Å². The molecule has 1 aromatic carbocycles. The van der Waals surface area contributed by atoms with Crippen molar-refractivity contribution in [1.29, 1.82) is 0 Å². The molecule has 4 heterocycles. The molecule has 0 aliphatic carbocycles. The highest BCUT2D eigenvalue weighted by Gasteiger charge is 2.40. The Bertz CT molecular complexity index is 1580. The van der Waals surface area contributed by atoms with Crippen LogP contribution in [0.5, 0.6) is 0 Å². The molecule has 3 aromatic heterocycles. The molecule has 2 atom stereocenters. The van der Waals surface area contributed by atoms with Gasteiger partial charge in [0.25, 0.3) is 5.56 Å².